The second-order valence-corrected chi connectivity index (χ2v) is 7.50. The molecule has 0 spiro atoms. The van der Waals surface area contributed by atoms with Gasteiger partial charge in [-0.25, -0.2) is 12.8 Å². The molecule has 0 saturated heterocycles. The number of halogens is 1. The number of hydrogen-bond acceptors (Lipinski definition) is 3. The fourth-order valence-corrected chi connectivity index (χ4v) is 2.75. The number of carbonyl (C=O) groups is 1. The Kier molecular flexibility index (Phi) is 4.88. The summed E-state index contributed by atoms with van der Waals surface area (Å²) in [5.74, 6) is -1.28. The molecular weight excluding hydrogens is 283 g/mol. The Morgan fingerprint density at radius 2 is 1.85 bits per heavy atom. The summed E-state index contributed by atoms with van der Waals surface area (Å²) in [6.45, 7) is 5.00. The minimum Gasteiger partial charge on any atom is -0.350 e. The van der Waals surface area contributed by atoms with Crippen molar-refractivity contribution >= 4 is 15.9 Å². The Balaban J connectivity index is 2.89. The summed E-state index contributed by atoms with van der Waals surface area (Å²) < 4.78 is 38.7. The lowest BCUT2D eigenvalue weighted by Gasteiger charge is -2.23. The highest BCUT2D eigenvalue weighted by Crippen LogP contribution is 2.17. The van der Waals surface area contributed by atoms with E-state index in [4.69, 9.17) is 0 Å². The van der Waals surface area contributed by atoms with E-state index in [9.17, 15) is 17.6 Å². The highest BCUT2D eigenvalue weighted by Gasteiger charge is 2.26. The normalized spacial score (nSPS) is 12.5. The summed E-state index contributed by atoms with van der Waals surface area (Å²) in [7, 11) is -2.78. The van der Waals surface area contributed by atoms with Crippen LogP contribution in [0.15, 0.2) is 29.2 Å². The van der Waals surface area contributed by atoms with Crippen LogP contribution in [-0.4, -0.2) is 37.8 Å². The van der Waals surface area contributed by atoms with E-state index in [1.807, 2.05) is 0 Å². The van der Waals surface area contributed by atoms with Crippen molar-refractivity contribution in [2.24, 2.45) is 0 Å². The minimum absolute atomic E-state index is 0.367. The molecule has 0 fully saturated rings. The van der Waals surface area contributed by atoms with Gasteiger partial charge in [-0.2, -0.15) is 4.31 Å². The predicted octanol–water partition coefficient (Wildman–Crippen LogP) is 1.36. The van der Waals surface area contributed by atoms with Crippen molar-refractivity contribution in [2.45, 2.75) is 31.2 Å². The molecule has 7 heteroatoms. The second kappa shape index (κ2) is 5.88. The zero-order chi connectivity index (χ0) is 15.6. The van der Waals surface area contributed by atoms with Gasteiger partial charge in [-0.05, 0) is 32.9 Å². The van der Waals surface area contributed by atoms with Gasteiger partial charge in [-0.1, -0.05) is 12.1 Å². The van der Waals surface area contributed by atoms with Crippen LogP contribution in [0.5, 0.6) is 0 Å². The standard InChI is InChI=1S/C13H19FN2O3S/c1-13(2,3)15-12(17)9-16(4)20(18,19)11-8-6-5-7-10(11)14/h5-8H,9H2,1-4H3,(H,15,17). The third kappa shape index (κ3) is 4.28. The predicted molar refractivity (Wildman–Crippen MR) is 74.1 cm³/mol. The second-order valence-electron chi connectivity index (χ2n) is 5.49. The molecule has 0 unspecified atom stereocenters. The summed E-state index contributed by atoms with van der Waals surface area (Å²) in [6.07, 6.45) is 0. The third-order valence-corrected chi connectivity index (χ3v) is 4.24. The van der Waals surface area contributed by atoms with Crippen LogP contribution in [0.1, 0.15) is 20.8 Å². The maximum absolute atomic E-state index is 13.5. The highest BCUT2D eigenvalue weighted by molar-refractivity contribution is 7.89. The van der Waals surface area contributed by atoms with Crippen LogP contribution in [-0.2, 0) is 14.8 Å². The first kappa shape index (κ1) is 16.6. The van der Waals surface area contributed by atoms with Gasteiger partial charge in [-0.15, -0.1) is 0 Å². The molecule has 0 saturated carbocycles. The molecule has 0 aliphatic carbocycles. The first-order valence-corrected chi connectivity index (χ1v) is 7.50. The van der Waals surface area contributed by atoms with Gasteiger partial charge in [0, 0.05) is 12.6 Å². The first-order valence-electron chi connectivity index (χ1n) is 6.06. The number of hydrogen-bond donors (Lipinski definition) is 1. The maximum atomic E-state index is 13.5. The molecule has 0 heterocycles. The molecule has 0 aromatic heterocycles. The van der Waals surface area contributed by atoms with E-state index in [-0.39, 0.29) is 6.54 Å². The Hall–Kier alpha value is -1.47. The lowest BCUT2D eigenvalue weighted by atomic mass is 10.1. The van der Waals surface area contributed by atoms with E-state index < -0.39 is 32.2 Å². The van der Waals surface area contributed by atoms with Crippen molar-refractivity contribution in [1.29, 1.82) is 0 Å². The van der Waals surface area contributed by atoms with Crippen molar-refractivity contribution in [3.8, 4) is 0 Å². The molecule has 20 heavy (non-hydrogen) atoms. The number of amides is 1. The molecule has 1 rings (SSSR count). The zero-order valence-electron chi connectivity index (χ0n) is 12.0. The molecule has 1 aromatic rings. The van der Waals surface area contributed by atoms with Crippen LogP contribution in [0.2, 0.25) is 0 Å². The summed E-state index contributed by atoms with van der Waals surface area (Å²) in [4.78, 5) is 11.3. The number of nitrogens with zero attached hydrogens (tertiary/aromatic N) is 1. The van der Waals surface area contributed by atoms with Gasteiger partial charge in [0.1, 0.15) is 10.7 Å². The number of rotatable bonds is 4. The Morgan fingerprint density at radius 3 is 2.35 bits per heavy atom. The van der Waals surface area contributed by atoms with Gasteiger partial charge in [0.2, 0.25) is 15.9 Å². The monoisotopic (exact) mass is 302 g/mol. The highest BCUT2D eigenvalue weighted by atomic mass is 32.2. The molecular formula is C13H19FN2O3S. The largest absolute Gasteiger partial charge is 0.350 e. The van der Waals surface area contributed by atoms with E-state index in [1.165, 1.54) is 25.2 Å². The maximum Gasteiger partial charge on any atom is 0.246 e. The van der Waals surface area contributed by atoms with Gasteiger partial charge in [0.15, 0.2) is 0 Å². The Bertz CT molecular complexity index is 594. The van der Waals surface area contributed by atoms with Crippen LogP contribution >= 0.6 is 0 Å². The number of carbonyl (C=O) groups excluding carboxylic acids is 1. The fourth-order valence-electron chi connectivity index (χ4n) is 1.57. The Morgan fingerprint density at radius 1 is 1.30 bits per heavy atom. The SMILES string of the molecule is CN(CC(=O)NC(C)(C)C)S(=O)(=O)c1ccccc1F. The van der Waals surface area contributed by atoms with Crippen LogP contribution < -0.4 is 5.32 Å². The quantitative estimate of drug-likeness (QED) is 0.913. The summed E-state index contributed by atoms with van der Waals surface area (Å²) in [5.41, 5.74) is -0.459. The van der Waals surface area contributed by atoms with E-state index in [1.54, 1.807) is 20.8 Å². The van der Waals surface area contributed by atoms with Crippen LogP contribution in [0.25, 0.3) is 0 Å². The number of sulfonamides is 1. The number of nitrogens with one attached hydrogen (secondary N) is 1. The summed E-state index contributed by atoms with van der Waals surface area (Å²) in [6, 6.07) is 5.07. The van der Waals surface area contributed by atoms with Crippen molar-refractivity contribution in [3.05, 3.63) is 30.1 Å². The van der Waals surface area contributed by atoms with Gasteiger partial charge in [0.05, 0.1) is 6.54 Å². The van der Waals surface area contributed by atoms with E-state index in [2.05, 4.69) is 5.32 Å². The number of likely N-dealkylation sites (N-methyl/N-ethyl adjacent to an activating group) is 1. The lowest BCUT2D eigenvalue weighted by Crippen LogP contribution is -2.46. The minimum atomic E-state index is -4.02. The van der Waals surface area contributed by atoms with Crippen LogP contribution in [0.4, 0.5) is 4.39 Å². The average molecular weight is 302 g/mol. The zero-order valence-corrected chi connectivity index (χ0v) is 12.8. The molecule has 0 aliphatic rings. The first-order chi connectivity index (χ1) is 9.04. The fraction of sp³-hybridized carbons (Fsp3) is 0.462. The third-order valence-electron chi connectivity index (χ3n) is 2.41. The molecule has 0 atom stereocenters. The summed E-state index contributed by atoms with van der Waals surface area (Å²) in [5, 5.41) is 2.65. The smallest absolute Gasteiger partial charge is 0.246 e. The van der Waals surface area contributed by atoms with Gasteiger partial charge in [0.25, 0.3) is 0 Å². The van der Waals surface area contributed by atoms with Crippen molar-refractivity contribution in [2.75, 3.05) is 13.6 Å². The molecule has 1 N–H and O–H groups in total. The molecule has 0 aliphatic heterocycles. The topological polar surface area (TPSA) is 66.5 Å². The van der Waals surface area contributed by atoms with Crippen molar-refractivity contribution < 1.29 is 17.6 Å². The van der Waals surface area contributed by atoms with Gasteiger partial charge in [-0.3, -0.25) is 4.79 Å². The van der Waals surface area contributed by atoms with Crippen molar-refractivity contribution in [1.82, 2.24) is 9.62 Å². The molecule has 0 radical (unpaired) electrons. The molecule has 112 valence electrons. The van der Waals surface area contributed by atoms with Crippen LogP contribution in [0, 0.1) is 5.82 Å². The Labute approximate surface area is 118 Å². The van der Waals surface area contributed by atoms with Gasteiger partial charge < -0.3 is 5.32 Å². The van der Waals surface area contributed by atoms with Gasteiger partial charge >= 0.3 is 0 Å². The lowest BCUT2D eigenvalue weighted by molar-refractivity contribution is -0.122. The van der Waals surface area contributed by atoms with E-state index >= 15 is 0 Å². The van der Waals surface area contributed by atoms with Crippen molar-refractivity contribution in [3.63, 3.8) is 0 Å². The molecule has 1 aromatic carbocycles. The van der Waals surface area contributed by atoms with Crippen LogP contribution in [0.3, 0.4) is 0 Å². The number of benzene rings is 1. The summed E-state index contributed by atoms with van der Waals surface area (Å²) >= 11 is 0. The molecule has 1 amide bonds. The average Bonchev–Trinajstić information content (AvgIpc) is 2.26. The van der Waals surface area contributed by atoms with E-state index in [0.717, 1.165) is 10.4 Å². The van der Waals surface area contributed by atoms with E-state index in [0.29, 0.717) is 0 Å². The molecule has 5 nitrogen and oxygen atoms in total. The molecule has 0 bridgehead atoms.